The van der Waals surface area contributed by atoms with Crippen LogP contribution in [-0.4, -0.2) is 11.9 Å². The fourth-order valence-electron chi connectivity index (χ4n) is 1.02. The van der Waals surface area contributed by atoms with Gasteiger partial charge in [0.05, 0.1) is 8.66 Å². The summed E-state index contributed by atoms with van der Waals surface area (Å²) in [5.41, 5.74) is 1.11. The molecule has 0 bridgehead atoms. The van der Waals surface area contributed by atoms with Gasteiger partial charge in [-0.25, -0.2) is 0 Å². The SMILES string of the molecule is Cc1cc(C(=O)NC(C)C(C)C)sc1Br. The van der Waals surface area contributed by atoms with Crippen molar-refractivity contribution in [1.29, 1.82) is 0 Å². The fraction of sp³-hybridized carbons (Fsp3) is 0.545. The first-order valence-corrected chi connectivity index (χ1v) is 6.59. The maximum absolute atomic E-state index is 11.8. The summed E-state index contributed by atoms with van der Waals surface area (Å²) in [5, 5.41) is 2.99. The molecule has 0 saturated carbocycles. The maximum Gasteiger partial charge on any atom is 0.261 e. The number of hydrogen-bond donors (Lipinski definition) is 1. The van der Waals surface area contributed by atoms with Crippen LogP contribution in [0.25, 0.3) is 0 Å². The van der Waals surface area contributed by atoms with Crippen LogP contribution in [0.15, 0.2) is 9.85 Å². The van der Waals surface area contributed by atoms with Crippen molar-refractivity contribution in [1.82, 2.24) is 5.32 Å². The highest BCUT2D eigenvalue weighted by Gasteiger charge is 2.15. The van der Waals surface area contributed by atoms with Crippen molar-refractivity contribution in [2.75, 3.05) is 0 Å². The average molecular weight is 290 g/mol. The van der Waals surface area contributed by atoms with Crippen LogP contribution in [0, 0.1) is 12.8 Å². The summed E-state index contributed by atoms with van der Waals surface area (Å²) < 4.78 is 1.03. The number of rotatable bonds is 3. The molecule has 0 fully saturated rings. The molecule has 84 valence electrons. The van der Waals surface area contributed by atoms with Crippen molar-refractivity contribution in [2.24, 2.45) is 5.92 Å². The predicted octanol–water partition coefficient (Wildman–Crippen LogP) is 3.59. The largest absolute Gasteiger partial charge is 0.349 e. The molecule has 1 aromatic heterocycles. The standard InChI is InChI=1S/C11H16BrNOS/c1-6(2)8(4)13-11(14)9-5-7(3)10(12)15-9/h5-6,8H,1-4H3,(H,13,14). The lowest BCUT2D eigenvalue weighted by Gasteiger charge is -2.16. The van der Waals surface area contributed by atoms with Crippen molar-refractivity contribution in [3.8, 4) is 0 Å². The first-order valence-electron chi connectivity index (χ1n) is 4.98. The van der Waals surface area contributed by atoms with Gasteiger partial charge in [0.2, 0.25) is 0 Å². The molecule has 0 aromatic carbocycles. The lowest BCUT2D eigenvalue weighted by Crippen LogP contribution is -2.35. The van der Waals surface area contributed by atoms with Crippen molar-refractivity contribution < 1.29 is 4.79 Å². The van der Waals surface area contributed by atoms with Crippen LogP contribution in [0.2, 0.25) is 0 Å². The molecule has 1 aromatic rings. The van der Waals surface area contributed by atoms with Gasteiger partial charge in [0.15, 0.2) is 0 Å². The number of carbonyl (C=O) groups is 1. The van der Waals surface area contributed by atoms with Gasteiger partial charge in [0.1, 0.15) is 0 Å². The van der Waals surface area contributed by atoms with E-state index < -0.39 is 0 Å². The summed E-state index contributed by atoms with van der Waals surface area (Å²) in [5.74, 6) is 0.480. The minimum absolute atomic E-state index is 0.0231. The molecule has 0 radical (unpaired) electrons. The van der Waals surface area contributed by atoms with Crippen LogP contribution in [0.4, 0.5) is 0 Å². The number of amides is 1. The minimum atomic E-state index is 0.0231. The van der Waals surface area contributed by atoms with E-state index in [0.29, 0.717) is 5.92 Å². The van der Waals surface area contributed by atoms with E-state index in [9.17, 15) is 4.79 Å². The molecule has 1 amide bonds. The van der Waals surface area contributed by atoms with E-state index in [4.69, 9.17) is 0 Å². The normalized spacial score (nSPS) is 12.9. The minimum Gasteiger partial charge on any atom is -0.349 e. The molecule has 0 aliphatic rings. The molecule has 0 saturated heterocycles. The van der Waals surface area contributed by atoms with Crippen LogP contribution in [0.1, 0.15) is 36.0 Å². The highest BCUT2D eigenvalue weighted by Crippen LogP contribution is 2.27. The Hall–Kier alpha value is -0.350. The van der Waals surface area contributed by atoms with E-state index in [1.807, 2.05) is 19.9 Å². The van der Waals surface area contributed by atoms with Crippen LogP contribution in [0.3, 0.4) is 0 Å². The van der Waals surface area contributed by atoms with Gasteiger partial charge in [-0.2, -0.15) is 0 Å². The molecule has 1 heterocycles. The van der Waals surface area contributed by atoms with Gasteiger partial charge in [-0.3, -0.25) is 4.79 Å². The molecule has 0 aliphatic heterocycles. The van der Waals surface area contributed by atoms with E-state index in [1.165, 1.54) is 11.3 Å². The Balaban J connectivity index is 2.69. The van der Waals surface area contributed by atoms with E-state index >= 15 is 0 Å². The second kappa shape index (κ2) is 5.12. The van der Waals surface area contributed by atoms with Crippen molar-refractivity contribution in [3.63, 3.8) is 0 Å². The monoisotopic (exact) mass is 289 g/mol. The number of aryl methyl sites for hydroxylation is 1. The zero-order valence-electron chi connectivity index (χ0n) is 9.43. The molecule has 1 rings (SSSR count). The quantitative estimate of drug-likeness (QED) is 0.905. The van der Waals surface area contributed by atoms with E-state index in [2.05, 4.69) is 35.1 Å². The van der Waals surface area contributed by atoms with Gasteiger partial charge in [-0.15, -0.1) is 11.3 Å². The van der Waals surface area contributed by atoms with E-state index in [1.54, 1.807) is 0 Å². The third kappa shape index (κ3) is 3.31. The van der Waals surface area contributed by atoms with E-state index in [-0.39, 0.29) is 11.9 Å². The number of halogens is 1. The van der Waals surface area contributed by atoms with Gasteiger partial charge in [-0.05, 0) is 47.3 Å². The first kappa shape index (κ1) is 12.7. The summed E-state index contributed by atoms with van der Waals surface area (Å²) in [7, 11) is 0. The lowest BCUT2D eigenvalue weighted by atomic mass is 10.1. The number of hydrogen-bond acceptors (Lipinski definition) is 2. The fourth-order valence-corrected chi connectivity index (χ4v) is 2.45. The van der Waals surface area contributed by atoms with Crippen LogP contribution < -0.4 is 5.32 Å². The summed E-state index contributed by atoms with van der Waals surface area (Å²) in [4.78, 5) is 12.6. The Morgan fingerprint density at radius 2 is 2.07 bits per heavy atom. The molecule has 4 heteroatoms. The number of carbonyl (C=O) groups excluding carboxylic acids is 1. The lowest BCUT2D eigenvalue weighted by molar-refractivity contribution is 0.0934. The summed E-state index contributed by atoms with van der Waals surface area (Å²) in [6.45, 7) is 8.21. The second-order valence-corrected chi connectivity index (χ2v) is 6.44. The molecule has 1 atom stereocenters. The van der Waals surface area contributed by atoms with Gasteiger partial charge in [0.25, 0.3) is 5.91 Å². The molecule has 2 nitrogen and oxygen atoms in total. The van der Waals surface area contributed by atoms with Crippen molar-refractivity contribution in [2.45, 2.75) is 33.7 Å². The van der Waals surface area contributed by atoms with Crippen LogP contribution >= 0.6 is 27.3 Å². The third-order valence-corrected chi connectivity index (χ3v) is 4.58. The molecule has 0 aliphatic carbocycles. The van der Waals surface area contributed by atoms with Crippen molar-refractivity contribution in [3.05, 3.63) is 20.3 Å². The van der Waals surface area contributed by atoms with Crippen LogP contribution in [-0.2, 0) is 0 Å². The molecule has 0 spiro atoms. The Bertz CT molecular complexity index is 340. The summed E-state index contributed by atoms with van der Waals surface area (Å²) in [6.07, 6.45) is 0. The average Bonchev–Trinajstić information content (AvgIpc) is 2.46. The predicted molar refractivity (Wildman–Crippen MR) is 68.5 cm³/mol. The highest BCUT2D eigenvalue weighted by atomic mass is 79.9. The van der Waals surface area contributed by atoms with E-state index in [0.717, 1.165) is 14.2 Å². The molecule has 15 heavy (non-hydrogen) atoms. The zero-order valence-corrected chi connectivity index (χ0v) is 11.8. The van der Waals surface area contributed by atoms with Gasteiger partial charge in [-0.1, -0.05) is 13.8 Å². The maximum atomic E-state index is 11.8. The first-order chi connectivity index (χ1) is 6.91. The Morgan fingerprint density at radius 1 is 1.47 bits per heavy atom. The Morgan fingerprint density at radius 3 is 2.47 bits per heavy atom. The van der Waals surface area contributed by atoms with Gasteiger partial charge in [0, 0.05) is 6.04 Å². The smallest absolute Gasteiger partial charge is 0.261 e. The highest BCUT2D eigenvalue weighted by molar-refractivity contribution is 9.11. The Kier molecular flexibility index (Phi) is 4.34. The molecule has 1 unspecified atom stereocenters. The molecular weight excluding hydrogens is 274 g/mol. The summed E-state index contributed by atoms with van der Waals surface area (Å²) >= 11 is 4.90. The summed E-state index contributed by atoms with van der Waals surface area (Å²) in [6, 6.07) is 2.12. The molecule has 1 N–H and O–H groups in total. The topological polar surface area (TPSA) is 29.1 Å². The molecular formula is C11H16BrNOS. The van der Waals surface area contributed by atoms with Crippen LogP contribution in [0.5, 0.6) is 0 Å². The van der Waals surface area contributed by atoms with Gasteiger partial charge < -0.3 is 5.32 Å². The third-order valence-electron chi connectivity index (χ3n) is 2.44. The number of thiophene rings is 1. The number of nitrogens with one attached hydrogen (secondary N) is 1. The zero-order chi connectivity index (χ0) is 11.6. The Labute approximate surface area is 103 Å². The van der Waals surface area contributed by atoms with Gasteiger partial charge >= 0.3 is 0 Å². The van der Waals surface area contributed by atoms with Crippen molar-refractivity contribution >= 4 is 33.2 Å². The second-order valence-electron chi connectivity index (χ2n) is 4.07.